The molecule has 1 N–H and O–H groups in total. The molecule has 0 fully saturated rings. The van der Waals surface area contributed by atoms with Crippen molar-refractivity contribution >= 4 is 44.8 Å². The predicted molar refractivity (Wildman–Crippen MR) is 128 cm³/mol. The molecule has 32 heavy (non-hydrogen) atoms. The fraction of sp³-hybridized carbons (Fsp3) is 0.227. The minimum atomic E-state index is -3.59. The Morgan fingerprint density at radius 3 is 2.56 bits per heavy atom. The van der Waals surface area contributed by atoms with Gasteiger partial charge in [-0.25, -0.2) is 8.42 Å². The maximum atomic E-state index is 12.8. The Morgan fingerprint density at radius 2 is 1.91 bits per heavy atom. The Morgan fingerprint density at radius 1 is 1.19 bits per heavy atom. The van der Waals surface area contributed by atoms with E-state index in [-0.39, 0.29) is 22.3 Å². The number of anilines is 1. The number of thioether (sulfide) groups is 1. The van der Waals surface area contributed by atoms with Crippen molar-refractivity contribution in [1.82, 2.24) is 14.8 Å². The number of halogens is 1. The first kappa shape index (κ1) is 24.0. The molecule has 0 aliphatic carbocycles. The van der Waals surface area contributed by atoms with Gasteiger partial charge in [-0.05, 0) is 49.7 Å². The predicted octanol–water partition coefficient (Wildman–Crippen LogP) is 4.44. The van der Waals surface area contributed by atoms with Crippen LogP contribution in [-0.2, 0) is 26.9 Å². The van der Waals surface area contributed by atoms with Crippen LogP contribution >= 0.6 is 23.4 Å². The van der Waals surface area contributed by atoms with Crippen LogP contribution in [-0.4, -0.2) is 34.8 Å². The molecule has 168 valence electrons. The van der Waals surface area contributed by atoms with Crippen LogP contribution in [0.1, 0.15) is 17.0 Å². The largest absolute Gasteiger partial charge is 0.325 e. The van der Waals surface area contributed by atoms with E-state index in [1.807, 2.05) is 13.8 Å². The van der Waals surface area contributed by atoms with E-state index in [4.69, 9.17) is 11.6 Å². The van der Waals surface area contributed by atoms with Gasteiger partial charge in [0.1, 0.15) is 11.6 Å². The highest BCUT2D eigenvalue weighted by atomic mass is 35.5. The molecule has 3 aromatic rings. The number of carbonyl (C=O) groups excluding carboxylic acids is 1. The number of nitrogens with one attached hydrogen (secondary N) is 1. The summed E-state index contributed by atoms with van der Waals surface area (Å²) in [5, 5.41) is 12.1. The lowest BCUT2D eigenvalue weighted by atomic mass is 10.2. The van der Waals surface area contributed by atoms with Crippen molar-refractivity contribution in [3.63, 3.8) is 0 Å². The number of aryl methyl sites for hydroxylation is 2. The van der Waals surface area contributed by atoms with Crippen molar-refractivity contribution in [3.8, 4) is 0 Å². The standard InChI is InChI=1S/C22H23ClN4O3S2/c1-4-11-27-20(14-32(29,30)18-8-5-15(2)6-9-18)25-26-22(27)31-13-21(28)24-19-10-7-17(23)12-16(19)3/h4-10,12H,1,11,13-14H2,2-3H3,(H,24,28). The minimum Gasteiger partial charge on any atom is -0.325 e. The van der Waals surface area contributed by atoms with Crippen LogP contribution in [0.15, 0.2) is 65.2 Å². The van der Waals surface area contributed by atoms with Crippen molar-refractivity contribution in [1.29, 1.82) is 0 Å². The van der Waals surface area contributed by atoms with Crippen LogP contribution in [0.5, 0.6) is 0 Å². The van der Waals surface area contributed by atoms with Gasteiger partial charge in [0.25, 0.3) is 0 Å². The van der Waals surface area contributed by atoms with Crippen molar-refractivity contribution in [3.05, 3.63) is 77.1 Å². The molecular weight excluding hydrogens is 468 g/mol. The molecule has 0 spiro atoms. The van der Waals surface area contributed by atoms with Gasteiger partial charge in [0, 0.05) is 17.3 Å². The average Bonchev–Trinajstić information content (AvgIpc) is 3.10. The van der Waals surface area contributed by atoms with E-state index in [0.717, 1.165) is 11.1 Å². The van der Waals surface area contributed by atoms with E-state index in [9.17, 15) is 13.2 Å². The van der Waals surface area contributed by atoms with Crippen LogP contribution in [0.25, 0.3) is 0 Å². The van der Waals surface area contributed by atoms with Gasteiger partial charge in [-0.1, -0.05) is 47.1 Å². The lowest BCUT2D eigenvalue weighted by Crippen LogP contribution is -2.16. The van der Waals surface area contributed by atoms with Crippen LogP contribution < -0.4 is 5.32 Å². The van der Waals surface area contributed by atoms with Crippen LogP contribution in [0.4, 0.5) is 5.69 Å². The SMILES string of the molecule is C=CCn1c(CS(=O)(=O)c2ccc(C)cc2)nnc1SCC(=O)Nc1ccc(Cl)cc1C. The zero-order valence-corrected chi connectivity index (χ0v) is 20.1. The number of rotatable bonds is 9. The number of aromatic nitrogens is 3. The highest BCUT2D eigenvalue weighted by Gasteiger charge is 2.21. The maximum absolute atomic E-state index is 12.8. The van der Waals surface area contributed by atoms with Crippen LogP contribution in [0.2, 0.25) is 5.02 Å². The monoisotopic (exact) mass is 490 g/mol. The molecule has 1 heterocycles. The highest BCUT2D eigenvalue weighted by Crippen LogP contribution is 2.23. The van der Waals surface area contributed by atoms with Crippen molar-refractivity contribution < 1.29 is 13.2 Å². The topological polar surface area (TPSA) is 93.9 Å². The van der Waals surface area contributed by atoms with Crippen molar-refractivity contribution in [2.24, 2.45) is 0 Å². The quantitative estimate of drug-likeness (QED) is 0.352. The first-order valence-corrected chi connectivity index (χ1v) is 12.7. The Balaban J connectivity index is 1.72. The number of hydrogen-bond acceptors (Lipinski definition) is 6. The Labute approximate surface area is 196 Å². The van der Waals surface area contributed by atoms with Gasteiger partial charge >= 0.3 is 0 Å². The summed E-state index contributed by atoms with van der Waals surface area (Å²) in [6, 6.07) is 11.9. The molecule has 0 unspecified atom stereocenters. The second kappa shape index (κ2) is 10.3. The summed E-state index contributed by atoms with van der Waals surface area (Å²) in [6.45, 7) is 7.80. The lowest BCUT2D eigenvalue weighted by Gasteiger charge is -2.10. The van der Waals surface area contributed by atoms with Crippen molar-refractivity contribution in [2.75, 3.05) is 11.1 Å². The fourth-order valence-corrected chi connectivity index (χ4v) is 5.19. The van der Waals surface area contributed by atoms with E-state index in [0.29, 0.717) is 28.2 Å². The van der Waals surface area contributed by atoms with E-state index < -0.39 is 9.84 Å². The lowest BCUT2D eigenvalue weighted by molar-refractivity contribution is -0.113. The number of amides is 1. The summed E-state index contributed by atoms with van der Waals surface area (Å²) in [5.41, 5.74) is 2.51. The Hall–Kier alpha value is -2.62. The van der Waals surface area contributed by atoms with Gasteiger partial charge in [0.2, 0.25) is 5.91 Å². The molecular formula is C22H23ClN4O3S2. The number of allylic oxidation sites excluding steroid dienone is 1. The van der Waals surface area contributed by atoms with E-state index in [1.165, 1.54) is 11.8 Å². The van der Waals surface area contributed by atoms with Gasteiger partial charge in [-0.15, -0.1) is 16.8 Å². The number of benzene rings is 2. The zero-order valence-electron chi connectivity index (χ0n) is 17.7. The first-order chi connectivity index (χ1) is 15.2. The van der Waals surface area contributed by atoms with Gasteiger partial charge in [-0.3, -0.25) is 4.79 Å². The number of nitrogens with zero attached hydrogens (tertiary/aromatic N) is 3. The minimum absolute atomic E-state index is 0.0854. The molecule has 0 aliphatic heterocycles. The van der Waals surface area contributed by atoms with Gasteiger partial charge in [-0.2, -0.15) is 0 Å². The number of hydrogen-bond donors (Lipinski definition) is 1. The smallest absolute Gasteiger partial charge is 0.234 e. The fourth-order valence-electron chi connectivity index (χ4n) is 2.93. The molecule has 3 rings (SSSR count). The summed E-state index contributed by atoms with van der Waals surface area (Å²) >= 11 is 7.13. The molecule has 1 aromatic heterocycles. The second-order valence-corrected chi connectivity index (χ2v) is 10.5. The normalized spacial score (nSPS) is 11.3. The molecule has 0 aliphatic rings. The first-order valence-electron chi connectivity index (χ1n) is 9.71. The van der Waals surface area contributed by atoms with E-state index in [1.54, 1.807) is 53.1 Å². The van der Waals surface area contributed by atoms with E-state index >= 15 is 0 Å². The van der Waals surface area contributed by atoms with Crippen LogP contribution in [0, 0.1) is 13.8 Å². The number of carbonyl (C=O) groups is 1. The number of sulfone groups is 1. The summed E-state index contributed by atoms with van der Waals surface area (Å²) < 4.78 is 27.3. The molecule has 1 amide bonds. The summed E-state index contributed by atoms with van der Waals surface area (Å²) in [5.74, 6) is -0.139. The summed E-state index contributed by atoms with van der Waals surface area (Å²) in [6.07, 6.45) is 1.63. The van der Waals surface area contributed by atoms with Gasteiger partial charge < -0.3 is 9.88 Å². The summed E-state index contributed by atoms with van der Waals surface area (Å²) in [4.78, 5) is 12.6. The average molecular weight is 491 g/mol. The van der Waals surface area contributed by atoms with Crippen LogP contribution in [0.3, 0.4) is 0 Å². The third-order valence-corrected chi connectivity index (χ3v) is 7.43. The molecule has 0 saturated carbocycles. The molecule has 10 heteroatoms. The molecule has 7 nitrogen and oxygen atoms in total. The van der Waals surface area contributed by atoms with Gasteiger partial charge in [0.15, 0.2) is 15.0 Å². The van der Waals surface area contributed by atoms with Crippen molar-refractivity contribution in [2.45, 2.75) is 36.2 Å². The maximum Gasteiger partial charge on any atom is 0.234 e. The molecule has 0 radical (unpaired) electrons. The third-order valence-electron chi connectivity index (χ3n) is 4.60. The third kappa shape index (κ3) is 5.99. The summed E-state index contributed by atoms with van der Waals surface area (Å²) in [7, 11) is -3.59. The molecule has 0 atom stereocenters. The van der Waals surface area contributed by atoms with E-state index in [2.05, 4.69) is 22.1 Å². The Bertz CT molecular complexity index is 1240. The van der Waals surface area contributed by atoms with Gasteiger partial charge in [0.05, 0.1) is 10.6 Å². The zero-order chi connectivity index (χ0) is 23.3. The molecule has 2 aromatic carbocycles. The molecule has 0 saturated heterocycles. The molecule has 0 bridgehead atoms. The Kier molecular flexibility index (Phi) is 7.76. The second-order valence-electron chi connectivity index (χ2n) is 7.17. The highest BCUT2D eigenvalue weighted by molar-refractivity contribution is 7.99.